The van der Waals surface area contributed by atoms with Gasteiger partial charge in [0.05, 0.1) is 0 Å². The number of hydrogen-bond donors (Lipinski definition) is 0. The minimum absolute atomic E-state index is 0.232. The summed E-state index contributed by atoms with van der Waals surface area (Å²) < 4.78 is 41.1. The zero-order valence-electron chi connectivity index (χ0n) is 10.0. The Morgan fingerprint density at radius 1 is 1.33 bits per heavy atom. The van der Waals surface area contributed by atoms with Gasteiger partial charge in [0.2, 0.25) is 0 Å². The zero-order valence-corrected chi connectivity index (χ0v) is 11.6. The molecule has 0 atom stereocenters. The molecule has 0 unspecified atom stereocenters. The number of allylic oxidation sites excluding steroid dienone is 2. The molecule has 0 aromatic carbocycles. The first kappa shape index (κ1) is 13.6. The van der Waals surface area contributed by atoms with Crippen LogP contribution in [0.2, 0.25) is 0 Å². The van der Waals surface area contributed by atoms with Gasteiger partial charge in [0.25, 0.3) is 0 Å². The maximum atomic E-state index is 13.0. The van der Waals surface area contributed by atoms with Gasteiger partial charge in [-0.15, -0.1) is 0 Å². The highest BCUT2D eigenvalue weighted by Crippen LogP contribution is 2.41. The number of halogens is 4. The molecule has 1 aromatic rings. The maximum absolute atomic E-state index is 13.0. The summed E-state index contributed by atoms with van der Waals surface area (Å²) in [5, 5.41) is 3.65. The molecule has 0 aliphatic heterocycles. The molecule has 0 bridgehead atoms. The van der Waals surface area contributed by atoms with Crippen molar-refractivity contribution in [3.63, 3.8) is 0 Å². The van der Waals surface area contributed by atoms with Crippen LogP contribution >= 0.6 is 15.9 Å². The fourth-order valence-electron chi connectivity index (χ4n) is 2.16. The molecule has 0 spiro atoms. The van der Waals surface area contributed by atoms with Crippen LogP contribution in [-0.2, 0) is 12.7 Å². The molecule has 18 heavy (non-hydrogen) atoms. The smallest absolute Gasteiger partial charge is 0.272 e. The second kappa shape index (κ2) is 5.07. The van der Waals surface area contributed by atoms with Gasteiger partial charge < -0.3 is 0 Å². The average Bonchev–Trinajstić information content (AvgIpc) is 2.73. The summed E-state index contributed by atoms with van der Waals surface area (Å²) in [5.41, 5.74) is 0.224. The number of nitrogens with zero attached hydrogens (tertiary/aromatic N) is 2. The van der Waals surface area contributed by atoms with Crippen molar-refractivity contribution < 1.29 is 13.2 Å². The lowest BCUT2D eigenvalue weighted by molar-refractivity contribution is -0.141. The molecule has 1 aliphatic rings. The minimum Gasteiger partial charge on any atom is -0.272 e. The van der Waals surface area contributed by atoms with Gasteiger partial charge in [0.15, 0.2) is 5.69 Å². The van der Waals surface area contributed by atoms with E-state index in [2.05, 4.69) is 21.0 Å². The van der Waals surface area contributed by atoms with Gasteiger partial charge in [-0.3, -0.25) is 4.68 Å². The Labute approximate surface area is 112 Å². The Hall–Kier alpha value is -0.780. The van der Waals surface area contributed by atoms with Crippen molar-refractivity contribution in [2.45, 2.75) is 45.3 Å². The van der Waals surface area contributed by atoms with E-state index in [1.807, 2.05) is 0 Å². The number of alkyl halides is 3. The predicted molar refractivity (Wildman–Crippen MR) is 67.2 cm³/mol. The van der Waals surface area contributed by atoms with Crippen LogP contribution in [0.4, 0.5) is 13.2 Å². The number of aromatic nitrogens is 2. The summed E-state index contributed by atoms with van der Waals surface area (Å²) >= 11 is 3.40. The summed E-state index contributed by atoms with van der Waals surface area (Å²) in [4.78, 5) is 0. The summed E-state index contributed by atoms with van der Waals surface area (Å²) in [6.07, 6.45) is 0.549. The van der Waals surface area contributed by atoms with Crippen molar-refractivity contribution >= 4 is 21.5 Å². The average molecular weight is 323 g/mol. The largest absolute Gasteiger partial charge is 0.435 e. The van der Waals surface area contributed by atoms with Crippen LogP contribution in [0.1, 0.15) is 43.9 Å². The molecular formula is C12H14BrF3N2. The van der Waals surface area contributed by atoms with Crippen LogP contribution in [0.3, 0.4) is 0 Å². The van der Waals surface area contributed by atoms with Gasteiger partial charge in [-0.2, -0.15) is 18.3 Å². The third-order valence-corrected chi connectivity index (χ3v) is 3.95. The summed E-state index contributed by atoms with van der Waals surface area (Å²) in [7, 11) is 0. The normalized spacial score (nSPS) is 17.4. The van der Waals surface area contributed by atoms with Crippen molar-refractivity contribution in [3.8, 4) is 0 Å². The van der Waals surface area contributed by atoms with E-state index in [1.54, 1.807) is 6.92 Å². The van der Waals surface area contributed by atoms with E-state index in [0.29, 0.717) is 13.0 Å². The molecule has 2 nitrogen and oxygen atoms in total. The molecule has 100 valence electrons. The van der Waals surface area contributed by atoms with Gasteiger partial charge in [0, 0.05) is 18.3 Å². The summed E-state index contributed by atoms with van der Waals surface area (Å²) in [5.74, 6) is 0. The van der Waals surface area contributed by atoms with Crippen LogP contribution in [-0.4, -0.2) is 9.78 Å². The lowest BCUT2D eigenvalue weighted by Crippen LogP contribution is -2.10. The standard InChI is InChI=1S/C12H14BrF3N2/c1-2-18-7-9(11(17-18)12(14,15)16)8-5-3-4-6-10(8)13/h7H,2-6H2,1H3. The highest BCUT2D eigenvalue weighted by atomic mass is 79.9. The Morgan fingerprint density at radius 2 is 2.00 bits per heavy atom. The van der Waals surface area contributed by atoms with Crippen molar-refractivity contribution in [2.24, 2.45) is 0 Å². The van der Waals surface area contributed by atoms with Gasteiger partial charge >= 0.3 is 6.18 Å². The number of hydrogen-bond acceptors (Lipinski definition) is 1. The van der Waals surface area contributed by atoms with Crippen molar-refractivity contribution in [1.82, 2.24) is 9.78 Å². The quantitative estimate of drug-likeness (QED) is 0.778. The second-order valence-corrected chi connectivity index (χ2v) is 5.29. The van der Waals surface area contributed by atoms with Crippen LogP contribution in [0.25, 0.3) is 5.57 Å². The molecule has 1 aromatic heterocycles. The number of aryl methyl sites for hydroxylation is 1. The van der Waals surface area contributed by atoms with Crippen LogP contribution in [0, 0.1) is 0 Å². The SMILES string of the molecule is CCn1cc(C2=C(Br)CCCC2)c(C(F)(F)F)n1. The summed E-state index contributed by atoms with van der Waals surface area (Å²) in [6, 6.07) is 0. The van der Waals surface area contributed by atoms with Gasteiger partial charge in [-0.1, -0.05) is 15.9 Å². The second-order valence-electron chi connectivity index (χ2n) is 4.34. The first-order chi connectivity index (χ1) is 8.43. The highest BCUT2D eigenvalue weighted by molar-refractivity contribution is 9.11. The lowest BCUT2D eigenvalue weighted by Gasteiger charge is -2.16. The van der Waals surface area contributed by atoms with E-state index in [4.69, 9.17) is 0 Å². The minimum atomic E-state index is -4.40. The third-order valence-electron chi connectivity index (χ3n) is 3.08. The lowest BCUT2D eigenvalue weighted by atomic mass is 9.94. The van der Waals surface area contributed by atoms with E-state index in [-0.39, 0.29) is 5.56 Å². The first-order valence-electron chi connectivity index (χ1n) is 5.96. The van der Waals surface area contributed by atoms with Gasteiger partial charge in [0.1, 0.15) is 0 Å². The van der Waals surface area contributed by atoms with E-state index in [9.17, 15) is 13.2 Å². The fraction of sp³-hybridized carbons (Fsp3) is 0.583. The number of rotatable bonds is 2. The Balaban J connectivity index is 2.52. The molecule has 1 heterocycles. The highest BCUT2D eigenvalue weighted by Gasteiger charge is 2.38. The maximum Gasteiger partial charge on any atom is 0.435 e. The Morgan fingerprint density at radius 3 is 2.56 bits per heavy atom. The Kier molecular flexibility index (Phi) is 3.84. The molecule has 0 radical (unpaired) electrons. The van der Waals surface area contributed by atoms with Crippen LogP contribution in [0.15, 0.2) is 10.7 Å². The van der Waals surface area contributed by atoms with E-state index >= 15 is 0 Å². The van der Waals surface area contributed by atoms with Crippen LogP contribution < -0.4 is 0 Å². The molecular weight excluding hydrogens is 309 g/mol. The van der Waals surface area contributed by atoms with Crippen molar-refractivity contribution in [1.29, 1.82) is 0 Å². The van der Waals surface area contributed by atoms with Crippen LogP contribution in [0.5, 0.6) is 0 Å². The first-order valence-corrected chi connectivity index (χ1v) is 6.75. The van der Waals surface area contributed by atoms with E-state index in [1.165, 1.54) is 10.9 Å². The third kappa shape index (κ3) is 2.63. The van der Waals surface area contributed by atoms with Crippen molar-refractivity contribution in [3.05, 3.63) is 21.9 Å². The molecule has 6 heteroatoms. The topological polar surface area (TPSA) is 17.8 Å². The summed E-state index contributed by atoms with van der Waals surface area (Å²) in [6.45, 7) is 2.22. The monoisotopic (exact) mass is 322 g/mol. The van der Waals surface area contributed by atoms with Gasteiger partial charge in [-0.25, -0.2) is 0 Å². The predicted octanol–water partition coefficient (Wildman–Crippen LogP) is 4.60. The van der Waals surface area contributed by atoms with E-state index in [0.717, 1.165) is 29.3 Å². The molecule has 1 aliphatic carbocycles. The fourth-order valence-corrected chi connectivity index (χ4v) is 2.86. The van der Waals surface area contributed by atoms with Crippen molar-refractivity contribution in [2.75, 3.05) is 0 Å². The molecule has 0 fully saturated rings. The molecule has 0 N–H and O–H groups in total. The van der Waals surface area contributed by atoms with Gasteiger partial charge in [-0.05, 0) is 42.7 Å². The van der Waals surface area contributed by atoms with E-state index < -0.39 is 11.9 Å². The Bertz CT molecular complexity index is 474. The molecule has 2 rings (SSSR count). The molecule has 0 saturated heterocycles. The zero-order chi connectivity index (χ0) is 13.3. The molecule has 0 saturated carbocycles. The molecule has 0 amide bonds.